The maximum atomic E-state index is 13.1. The van der Waals surface area contributed by atoms with Crippen LogP contribution in [0.25, 0.3) is 11.8 Å². The van der Waals surface area contributed by atoms with Crippen molar-refractivity contribution in [1.29, 1.82) is 0 Å². The first-order valence-corrected chi connectivity index (χ1v) is 10.2. The van der Waals surface area contributed by atoms with Crippen LogP contribution in [0.2, 0.25) is 0 Å². The van der Waals surface area contributed by atoms with E-state index in [2.05, 4.69) is 4.99 Å². The third-order valence-corrected chi connectivity index (χ3v) is 5.68. The molecular formula is C21H17N3O6S. The van der Waals surface area contributed by atoms with Gasteiger partial charge in [-0.15, -0.1) is 0 Å². The molecule has 9 nitrogen and oxygen atoms in total. The van der Waals surface area contributed by atoms with E-state index in [4.69, 9.17) is 9.15 Å². The minimum Gasteiger partial charge on any atom is -0.463 e. The summed E-state index contributed by atoms with van der Waals surface area (Å²) < 4.78 is 12.3. The second-order valence-electron chi connectivity index (χ2n) is 6.63. The van der Waals surface area contributed by atoms with Crippen molar-refractivity contribution in [3.63, 3.8) is 0 Å². The lowest BCUT2D eigenvalue weighted by atomic mass is 10.0. The van der Waals surface area contributed by atoms with Gasteiger partial charge in [0.25, 0.3) is 5.56 Å². The third kappa shape index (κ3) is 3.73. The number of furan rings is 1. The molecule has 1 aliphatic heterocycles. The Morgan fingerprint density at radius 1 is 1.32 bits per heavy atom. The molecule has 0 saturated carbocycles. The molecule has 1 aromatic carbocycles. The second kappa shape index (κ2) is 8.15. The van der Waals surface area contributed by atoms with E-state index in [1.54, 1.807) is 19.9 Å². The number of rotatable bonds is 5. The Labute approximate surface area is 179 Å². The molecule has 0 aliphatic carbocycles. The standard InChI is InChI=1S/C21H17N3O6S/c1-3-29-20(26)17-12(2)23-19(25)15(11-13-7-5-4-6-8-13)31-21(23)22-18(17)14-9-10-16(30-14)24(27)28/h4-11,18H,3H2,1-2H3. The van der Waals surface area contributed by atoms with Crippen molar-refractivity contribution >= 4 is 35.0 Å². The minimum atomic E-state index is -0.963. The average molecular weight is 439 g/mol. The summed E-state index contributed by atoms with van der Waals surface area (Å²) in [5, 5.41) is 11.0. The molecule has 158 valence electrons. The summed E-state index contributed by atoms with van der Waals surface area (Å²) in [6, 6.07) is 11.0. The van der Waals surface area contributed by atoms with Gasteiger partial charge in [0.2, 0.25) is 0 Å². The zero-order chi connectivity index (χ0) is 22.1. The molecule has 3 aromatic rings. The summed E-state index contributed by atoms with van der Waals surface area (Å²) in [4.78, 5) is 41.0. The van der Waals surface area contributed by atoms with E-state index in [0.29, 0.717) is 15.0 Å². The van der Waals surface area contributed by atoms with Crippen molar-refractivity contribution in [2.45, 2.75) is 19.9 Å². The quantitative estimate of drug-likeness (QED) is 0.342. The first-order valence-electron chi connectivity index (χ1n) is 9.39. The molecule has 1 aliphatic rings. The lowest BCUT2D eigenvalue weighted by Gasteiger charge is -2.20. The highest BCUT2D eigenvalue weighted by Crippen LogP contribution is 2.34. The number of ether oxygens (including phenoxy) is 1. The molecule has 1 unspecified atom stereocenters. The van der Waals surface area contributed by atoms with Gasteiger partial charge >= 0.3 is 11.9 Å². The number of hydrogen-bond acceptors (Lipinski definition) is 8. The van der Waals surface area contributed by atoms with Gasteiger partial charge in [0, 0.05) is 5.70 Å². The summed E-state index contributed by atoms with van der Waals surface area (Å²) in [6.07, 6.45) is 1.75. The number of carbonyl (C=O) groups excluding carboxylic acids is 1. The SMILES string of the molecule is CCOC(=O)C1=C(C)n2c(sc(=Cc3ccccc3)c2=O)=NC1c1ccc([N+](=O)[O-])o1. The van der Waals surface area contributed by atoms with Crippen LogP contribution in [0.4, 0.5) is 5.88 Å². The van der Waals surface area contributed by atoms with Crippen LogP contribution in [-0.4, -0.2) is 22.1 Å². The molecule has 0 amide bonds. The van der Waals surface area contributed by atoms with Crippen LogP contribution in [0.3, 0.4) is 0 Å². The van der Waals surface area contributed by atoms with Gasteiger partial charge in [0.05, 0.1) is 22.8 Å². The maximum absolute atomic E-state index is 13.1. The molecule has 3 heterocycles. The molecule has 0 spiro atoms. The first-order chi connectivity index (χ1) is 14.9. The maximum Gasteiger partial charge on any atom is 0.433 e. The topological polar surface area (TPSA) is 117 Å². The molecule has 1 atom stereocenters. The van der Waals surface area contributed by atoms with Gasteiger partial charge in [0.15, 0.2) is 4.80 Å². The summed E-state index contributed by atoms with van der Waals surface area (Å²) in [5.74, 6) is -1.00. The fraction of sp³-hybridized carbons (Fsp3) is 0.190. The van der Waals surface area contributed by atoms with E-state index in [1.807, 2.05) is 30.3 Å². The van der Waals surface area contributed by atoms with Crippen molar-refractivity contribution in [2.24, 2.45) is 4.99 Å². The average Bonchev–Trinajstić information content (AvgIpc) is 3.34. The molecule has 10 heteroatoms. The Bertz CT molecular complexity index is 1380. The van der Waals surface area contributed by atoms with E-state index in [0.717, 1.165) is 5.56 Å². The fourth-order valence-corrected chi connectivity index (χ4v) is 4.35. The molecule has 0 saturated heterocycles. The minimum absolute atomic E-state index is 0.102. The van der Waals surface area contributed by atoms with Crippen LogP contribution in [0, 0.1) is 10.1 Å². The number of thiazole rings is 1. The van der Waals surface area contributed by atoms with Gasteiger partial charge in [-0.3, -0.25) is 19.5 Å². The number of esters is 1. The Morgan fingerprint density at radius 2 is 2.06 bits per heavy atom. The van der Waals surface area contributed by atoms with Crippen LogP contribution >= 0.6 is 11.3 Å². The monoisotopic (exact) mass is 439 g/mol. The van der Waals surface area contributed by atoms with Crippen molar-refractivity contribution in [3.05, 3.63) is 89.2 Å². The van der Waals surface area contributed by atoms with E-state index in [-0.39, 0.29) is 23.5 Å². The van der Waals surface area contributed by atoms with Gasteiger partial charge in [-0.05, 0) is 31.6 Å². The lowest BCUT2D eigenvalue weighted by molar-refractivity contribution is -0.402. The van der Waals surface area contributed by atoms with Crippen molar-refractivity contribution in [3.8, 4) is 0 Å². The molecular weight excluding hydrogens is 422 g/mol. The molecule has 31 heavy (non-hydrogen) atoms. The molecule has 0 bridgehead atoms. The van der Waals surface area contributed by atoms with Gasteiger partial charge in [-0.25, -0.2) is 9.79 Å². The van der Waals surface area contributed by atoms with E-state index in [1.165, 1.54) is 28.0 Å². The Hall–Kier alpha value is -3.79. The van der Waals surface area contributed by atoms with Gasteiger partial charge in [-0.1, -0.05) is 41.7 Å². The van der Waals surface area contributed by atoms with Crippen LogP contribution < -0.4 is 14.9 Å². The second-order valence-corrected chi connectivity index (χ2v) is 7.64. The molecule has 0 N–H and O–H groups in total. The normalized spacial score (nSPS) is 16.1. The van der Waals surface area contributed by atoms with E-state index in [9.17, 15) is 19.7 Å². The molecule has 4 rings (SSSR count). The van der Waals surface area contributed by atoms with Crippen molar-refractivity contribution < 1.29 is 18.9 Å². The zero-order valence-electron chi connectivity index (χ0n) is 16.6. The zero-order valence-corrected chi connectivity index (χ0v) is 17.4. The first kappa shape index (κ1) is 20.5. The van der Waals surface area contributed by atoms with Crippen LogP contribution in [-0.2, 0) is 9.53 Å². The molecule has 0 fully saturated rings. The number of allylic oxidation sites excluding steroid dienone is 1. The summed E-state index contributed by atoms with van der Waals surface area (Å²) in [6.45, 7) is 3.41. The number of aromatic nitrogens is 1. The molecule has 2 aromatic heterocycles. The third-order valence-electron chi connectivity index (χ3n) is 4.70. The van der Waals surface area contributed by atoms with Gasteiger partial charge in [0.1, 0.15) is 16.7 Å². The Kier molecular flexibility index (Phi) is 5.38. The van der Waals surface area contributed by atoms with Crippen LogP contribution in [0.15, 0.2) is 62.2 Å². The highest BCUT2D eigenvalue weighted by atomic mass is 32.1. The predicted octanol–water partition coefficient (Wildman–Crippen LogP) is 2.41. The Balaban J connectivity index is 1.94. The van der Waals surface area contributed by atoms with Gasteiger partial charge < -0.3 is 9.15 Å². The number of hydrogen-bond donors (Lipinski definition) is 0. The van der Waals surface area contributed by atoms with Crippen molar-refractivity contribution in [1.82, 2.24) is 4.57 Å². The molecule has 0 radical (unpaired) electrons. The number of nitrogens with zero attached hydrogens (tertiary/aromatic N) is 3. The summed E-state index contributed by atoms with van der Waals surface area (Å²) in [5.41, 5.74) is 0.992. The highest BCUT2D eigenvalue weighted by molar-refractivity contribution is 7.07. The van der Waals surface area contributed by atoms with Crippen molar-refractivity contribution in [2.75, 3.05) is 6.61 Å². The number of nitro groups is 1. The van der Waals surface area contributed by atoms with E-state index < -0.39 is 22.8 Å². The van der Waals surface area contributed by atoms with Crippen LogP contribution in [0.1, 0.15) is 31.2 Å². The fourth-order valence-electron chi connectivity index (χ4n) is 3.31. The number of fused-ring (bicyclic) bond motifs is 1. The lowest BCUT2D eigenvalue weighted by Crippen LogP contribution is -2.35. The number of carbonyl (C=O) groups is 1. The highest BCUT2D eigenvalue weighted by Gasteiger charge is 2.34. The summed E-state index contributed by atoms with van der Waals surface area (Å²) in [7, 11) is 0. The number of benzene rings is 1. The van der Waals surface area contributed by atoms with E-state index >= 15 is 0 Å². The predicted molar refractivity (Wildman–Crippen MR) is 113 cm³/mol. The largest absolute Gasteiger partial charge is 0.463 e. The van der Waals surface area contributed by atoms with Gasteiger partial charge in [-0.2, -0.15) is 0 Å². The van der Waals surface area contributed by atoms with Crippen LogP contribution in [0.5, 0.6) is 0 Å². The summed E-state index contributed by atoms with van der Waals surface area (Å²) >= 11 is 1.17. The smallest absolute Gasteiger partial charge is 0.433 e. The Morgan fingerprint density at radius 3 is 2.71 bits per heavy atom.